The lowest BCUT2D eigenvalue weighted by atomic mass is 9.93. The van der Waals surface area contributed by atoms with E-state index in [0.29, 0.717) is 6.54 Å². The van der Waals surface area contributed by atoms with E-state index >= 15 is 0 Å². The Hall–Kier alpha value is -0.420. The van der Waals surface area contributed by atoms with Gasteiger partial charge in [0.2, 0.25) is 11.6 Å². The summed E-state index contributed by atoms with van der Waals surface area (Å²) in [6.07, 6.45) is -1.37. The molecule has 0 amide bonds. The minimum Gasteiger partial charge on any atom is -0.394 e. The Bertz CT molecular complexity index is 508. The molecule has 24 heavy (non-hydrogen) atoms. The van der Waals surface area contributed by atoms with E-state index in [1.165, 1.54) is 18.9 Å². The molecule has 0 spiro atoms. The molecule has 3 aliphatic rings. The van der Waals surface area contributed by atoms with Gasteiger partial charge in [0, 0.05) is 20.8 Å². The summed E-state index contributed by atoms with van der Waals surface area (Å²) in [6, 6.07) is -0.149. The number of hydrogen-bond donors (Lipinski definition) is 2. The van der Waals surface area contributed by atoms with Gasteiger partial charge in [-0.2, -0.15) is 0 Å². The van der Waals surface area contributed by atoms with Gasteiger partial charge in [0.1, 0.15) is 23.7 Å². The lowest BCUT2D eigenvalue weighted by molar-refractivity contribution is -0.464. The number of methoxy groups -OCH3 is 2. The molecule has 8 nitrogen and oxygen atoms in total. The number of aliphatic imine (C=N–C) groups is 1. The number of fused-ring (bicyclic) bond motifs is 3. The highest BCUT2D eigenvalue weighted by Gasteiger charge is 2.63. The standard InChI is InChI=1S/C15H26N2O6S/c1-6-16-13-17-9-11-10(8(7-18)21-12(9)24-13)22-14(2,19-4)15(3,20-5)23-11/h8-12,18H,6-7H2,1-5H3,(H,16,17). The number of nitrogens with zero attached hydrogens (tertiary/aromatic N) is 1. The van der Waals surface area contributed by atoms with Crippen molar-refractivity contribution < 1.29 is 28.8 Å². The molecule has 9 heteroatoms. The third-order valence-electron chi connectivity index (χ3n) is 4.97. The Morgan fingerprint density at radius 1 is 1.21 bits per heavy atom. The van der Waals surface area contributed by atoms with Gasteiger partial charge < -0.3 is 34.1 Å². The second-order valence-corrected chi connectivity index (χ2v) is 7.34. The van der Waals surface area contributed by atoms with Crippen LogP contribution in [0.1, 0.15) is 20.8 Å². The summed E-state index contributed by atoms with van der Waals surface area (Å²) in [4.78, 5) is 4.41. The monoisotopic (exact) mass is 362 g/mol. The number of thioether (sulfide) groups is 1. The van der Waals surface area contributed by atoms with Crippen LogP contribution >= 0.6 is 11.8 Å². The zero-order valence-corrected chi connectivity index (χ0v) is 15.5. The van der Waals surface area contributed by atoms with Gasteiger partial charge in [-0.1, -0.05) is 11.8 Å². The van der Waals surface area contributed by atoms with Crippen LogP contribution in [0.25, 0.3) is 0 Å². The highest BCUT2D eigenvalue weighted by Crippen LogP contribution is 2.46. The molecule has 2 N–H and O–H groups in total. The van der Waals surface area contributed by atoms with Crippen molar-refractivity contribution in [1.29, 1.82) is 0 Å². The summed E-state index contributed by atoms with van der Waals surface area (Å²) in [5, 5.41) is 13.9. The van der Waals surface area contributed by atoms with Crippen molar-refractivity contribution in [3.8, 4) is 0 Å². The van der Waals surface area contributed by atoms with E-state index in [-0.39, 0.29) is 24.2 Å². The van der Waals surface area contributed by atoms with Gasteiger partial charge in [-0.05, 0) is 20.8 Å². The fraction of sp³-hybridized carbons (Fsp3) is 0.933. The zero-order valence-electron chi connectivity index (χ0n) is 14.6. The molecule has 7 unspecified atom stereocenters. The van der Waals surface area contributed by atoms with Crippen molar-refractivity contribution >= 4 is 16.9 Å². The number of nitrogens with one attached hydrogen (secondary N) is 1. The molecule has 3 fully saturated rings. The van der Waals surface area contributed by atoms with Crippen LogP contribution in [0.2, 0.25) is 0 Å². The summed E-state index contributed by atoms with van der Waals surface area (Å²) >= 11 is 1.51. The molecule has 3 saturated heterocycles. The van der Waals surface area contributed by atoms with E-state index in [2.05, 4.69) is 10.3 Å². The van der Waals surface area contributed by atoms with E-state index in [1.807, 2.05) is 6.92 Å². The van der Waals surface area contributed by atoms with Crippen molar-refractivity contribution in [2.75, 3.05) is 27.4 Å². The van der Waals surface area contributed by atoms with Crippen LogP contribution in [0, 0.1) is 0 Å². The Balaban J connectivity index is 1.91. The lowest BCUT2D eigenvalue weighted by Gasteiger charge is -2.56. The van der Waals surface area contributed by atoms with Crippen molar-refractivity contribution in [2.24, 2.45) is 4.99 Å². The molecule has 0 aromatic rings. The number of ether oxygens (including phenoxy) is 5. The summed E-state index contributed by atoms with van der Waals surface area (Å²) in [5.41, 5.74) is -0.203. The van der Waals surface area contributed by atoms with Crippen molar-refractivity contribution in [1.82, 2.24) is 5.32 Å². The maximum absolute atomic E-state index is 9.76. The highest BCUT2D eigenvalue weighted by molar-refractivity contribution is 8.14. The Morgan fingerprint density at radius 2 is 1.83 bits per heavy atom. The molecule has 0 aliphatic carbocycles. The van der Waals surface area contributed by atoms with E-state index in [0.717, 1.165) is 5.17 Å². The van der Waals surface area contributed by atoms with Crippen LogP contribution in [0.4, 0.5) is 0 Å². The number of aliphatic hydroxyl groups is 1. The maximum atomic E-state index is 9.76. The van der Waals surface area contributed by atoms with E-state index in [4.69, 9.17) is 23.7 Å². The van der Waals surface area contributed by atoms with Crippen LogP contribution in [-0.4, -0.2) is 79.0 Å². The molecule has 0 aromatic heterocycles. The Labute approximate surface area is 146 Å². The lowest BCUT2D eigenvalue weighted by Crippen LogP contribution is -2.73. The molecule has 7 atom stereocenters. The van der Waals surface area contributed by atoms with E-state index < -0.39 is 23.8 Å². The Morgan fingerprint density at radius 3 is 2.38 bits per heavy atom. The van der Waals surface area contributed by atoms with Gasteiger partial charge in [-0.25, -0.2) is 0 Å². The van der Waals surface area contributed by atoms with Crippen molar-refractivity contribution in [3.05, 3.63) is 0 Å². The van der Waals surface area contributed by atoms with Gasteiger partial charge in [0.05, 0.1) is 12.6 Å². The Kier molecular flexibility index (Phi) is 5.14. The number of amidine groups is 1. The molecule has 3 rings (SSSR count). The number of aliphatic hydroxyl groups excluding tert-OH is 1. The fourth-order valence-electron chi connectivity index (χ4n) is 3.30. The average molecular weight is 362 g/mol. The first kappa shape index (κ1) is 18.4. The van der Waals surface area contributed by atoms with Crippen LogP contribution in [-0.2, 0) is 23.7 Å². The molecule has 138 valence electrons. The number of rotatable bonds is 4. The summed E-state index contributed by atoms with van der Waals surface area (Å²) in [6.45, 7) is 6.03. The average Bonchev–Trinajstić information content (AvgIpc) is 2.98. The molecule has 3 heterocycles. The third-order valence-corrected chi connectivity index (χ3v) is 6.08. The van der Waals surface area contributed by atoms with E-state index in [1.54, 1.807) is 21.0 Å². The topological polar surface area (TPSA) is 90.8 Å². The first-order valence-corrected chi connectivity index (χ1v) is 8.99. The number of hydrogen-bond acceptors (Lipinski definition) is 8. The van der Waals surface area contributed by atoms with Gasteiger partial charge >= 0.3 is 0 Å². The molecule has 0 bridgehead atoms. The summed E-state index contributed by atoms with van der Waals surface area (Å²) in [7, 11) is 3.10. The van der Waals surface area contributed by atoms with Gasteiger partial charge in [0.15, 0.2) is 5.17 Å². The normalized spacial score (nSPS) is 49.6. The van der Waals surface area contributed by atoms with Crippen molar-refractivity contribution in [3.63, 3.8) is 0 Å². The molecular formula is C15H26N2O6S. The molecular weight excluding hydrogens is 336 g/mol. The SMILES string of the molecule is CCN=C1NC2C(OC(CO)C3OC(C)(OC)C(C)(OC)OC23)S1. The zero-order chi connectivity index (χ0) is 17.5. The summed E-state index contributed by atoms with van der Waals surface area (Å²) < 4.78 is 29.6. The van der Waals surface area contributed by atoms with Crippen LogP contribution in [0.5, 0.6) is 0 Å². The van der Waals surface area contributed by atoms with Gasteiger partial charge in [-0.15, -0.1) is 0 Å². The van der Waals surface area contributed by atoms with Crippen LogP contribution in [0.15, 0.2) is 4.99 Å². The predicted molar refractivity (Wildman–Crippen MR) is 88.8 cm³/mol. The minimum absolute atomic E-state index is 0.149. The minimum atomic E-state index is -1.13. The molecule has 0 aromatic carbocycles. The molecule has 0 radical (unpaired) electrons. The third kappa shape index (κ3) is 2.76. The largest absolute Gasteiger partial charge is 0.394 e. The van der Waals surface area contributed by atoms with Gasteiger partial charge in [0.25, 0.3) is 0 Å². The first-order valence-electron chi connectivity index (χ1n) is 8.11. The highest BCUT2D eigenvalue weighted by atomic mass is 32.2. The molecule has 0 saturated carbocycles. The maximum Gasteiger partial charge on any atom is 0.220 e. The first-order chi connectivity index (χ1) is 11.4. The smallest absolute Gasteiger partial charge is 0.220 e. The van der Waals surface area contributed by atoms with Gasteiger partial charge in [-0.3, -0.25) is 4.99 Å². The second-order valence-electron chi connectivity index (χ2n) is 6.26. The van der Waals surface area contributed by atoms with Crippen LogP contribution in [0.3, 0.4) is 0 Å². The summed E-state index contributed by atoms with van der Waals surface area (Å²) in [5.74, 6) is -2.22. The van der Waals surface area contributed by atoms with Crippen molar-refractivity contribution in [2.45, 2.75) is 62.1 Å². The molecule has 3 aliphatic heterocycles. The quantitative estimate of drug-likeness (QED) is 0.738. The predicted octanol–water partition coefficient (Wildman–Crippen LogP) is 0.294. The van der Waals surface area contributed by atoms with Crippen LogP contribution < -0.4 is 5.32 Å². The second kappa shape index (κ2) is 6.71. The fourth-order valence-corrected chi connectivity index (χ4v) is 4.50. The van der Waals surface area contributed by atoms with E-state index in [9.17, 15) is 5.11 Å².